The van der Waals surface area contributed by atoms with Gasteiger partial charge in [0.25, 0.3) is 5.91 Å². The number of nitrogens with one attached hydrogen (secondary N) is 1. The monoisotopic (exact) mass is 763 g/mol. The first kappa shape index (κ1) is 36.2. The highest BCUT2D eigenvalue weighted by Gasteiger charge is 2.48. The summed E-state index contributed by atoms with van der Waals surface area (Å²) < 4.78 is 73.9. The number of nitrogens with zero attached hydrogens (tertiary/aromatic N) is 6. The van der Waals surface area contributed by atoms with E-state index in [-0.39, 0.29) is 40.6 Å². The third kappa shape index (κ3) is 6.66. The lowest BCUT2D eigenvalue weighted by Crippen LogP contribution is -2.62. The smallest absolute Gasteiger partial charge is 0.422 e. The number of benzene rings is 2. The summed E-state index contributed by atoms with van der Waals surface area (Å²) in [5.41, 5.74) is 4.03. The van der Waals surface area contributed by atoms with Crippen LogP contribution in [0.5, 0.6) is 11.8 Å². The van der Waals surface area contributed by atoms with Crippen molar-refractivity contribution < 1.29 is 36.6 Å². The van der Waals surface area contributed by atoms with E-state index >= 15 is 0 Å². The van der Waals surface area contributed by atoms with Gasteiger partial charge in [-0.1, -0.05) is 12.6 Å². The molecular weight excluding hydrogens is 718 g/mol. The van der Waals surface area contributed by atoms with E-state index in [1.165, 1.54) is 4.90 Å². The van der Waals surface area contributed by atoms with Crippen LogP contribution in [0.25, 0.3) is 32.9 Å². The Balaban J connectivity index is 1.16. The lowest BCUT2D eigenvalue weighted by Gasteiger charge is -2.54. The number of piperidine rings is 2. The first-order chi connectivity index (χ1) is 26.4. The molecule has 5 heterocycles. The largest absolute Gasteiger partial charge is 0.481 e. The number of aryl methyl sites for hydroxylation is 1. The average molecular weight is 764 g/mol. The molecule has 55 heavy (non-hydrogen) atoms. The van der Waals surface area contributed by atoms with Gasteiger partial charge in [-0.25, -0.2) is 4.39 Å². The highest BCUT2D eigenvalue weighted by molar-refractivity contribution is 6.06. The SMILES string of the molecule is C=C(F)C(=O)N1CC2(CCN(c3nc(OC4CC5CC4CN5CCOC)nc4c(OCC(F)(F)F)c(-c5c(C)ccc6[nH]ncc56)c(C5CC5)cc34)CC2)C1. The van der Waals surface area contributed by atoms with Crippen LogP contribution in [-0.4, -0.2) is 114 Å². The van der Waals surface area contributed by atoms with Gasteiger partial charge in [0.15, 0.2) is 18.2 Å². The number of methoxy groups -OCH3 is 1. The van der Waals surface area contributed by atoms with Crippen molar-refractivity contribution in [1.82, 2.24) is 30.0 Å². The number of anilines is 1. The lowest BCUT2D eigenvalue weighted by molar-refractivity contribution is -0.153. The molecule has 2 aromatic heterocycles. The first-order valence-corrected chi connectivity index (χ1v) is 19.2. The van der Waals surface area contributed by atoms with Gasteiger partial charge < -0.3 is 24.0 Å². The lowest BCUT2D eigenvalue weighted by atomic mass is 9.72. The third-order valence-corrected chi connectivity index (χ3v) is 12.5. The summed E-state index contributed by atoms with van der Waals surface area (Å²) in [7, 11) is 1.70. The molecule has 2 aliphatic carbocycles. The molecule has 5 aliphatic rings. The second kappa shape index (κ2) is 13.6. The predicted octanol–water partition coefficient (Wildman–Crippen LogP) is 6.70. The minimum atomic E-state index is -4.60. The molecule has 3 atom stereocenters. The van der Waals surface area contributed by atoms with Crippen molar-refractivity contribution in [2.45, 2.75) is 69.7 Å². The molecule has 2 aromatic carbocycles. The molecule has 2 bridgehead atoms. The number of aromatic amines is 1. The Morgan fingerprint density at radius 3 is 2.55 bits per heavy atom. The number of H-pyrrole nitrogens is 1. The minimum Gasteiger partial charge on any atom is -0.481 e. The van der Waals surface area contributed by atoms with Gasteiger partial charge in [0.05, 0.1) is 18.3 Å². The van der Waals surface area contributed by atoms with Crippen molar-refractivity contribution in [3.05, 3.63) is 47.9 Å². The second-order valence-corrected chi connectivity index (χ2v) is 16.2. The molecular formula is C40H45F4N7O4. The molecule has 1 N–H and O–H groups in total. The fourth-order valence-corrected chi connectivity index (χ4v) is 9.59. The van der Waals surface area contributed by atoms with Crippen molar-refractivity contribution in [1.29, 1.82) is 0 Å². The standard InChI is InChI=1S/C40H45F4N7O4/c1-22-4-7-30-29(17-45-48-30)32(22)33-27(24-5-6-24)16-28-34(35(33)54-21-40(42,43)44)46-38(55-31-15-26-14-25(31)18-50(26)12-13-53-3)47-36(28)49-10-8-39(9-11-49)19-51(20-39)37(52)23(2)41/h4,7,16-17,24-26,31H,2,5-6,8-15,18-21H2,1,3H3,(H,45,48). The maximum atomic E-state index is 14.1. The summed E-state index contributed by atoms with van der Waals surface area (Å²) in [4.78, 5) is 28.3. The van der Waals surface area contributed by atoms with Crippen molar-refractivity contribution in [3.8, 4) is 22.9 Å². The molecule has 4 aromatic rings. The molecule has 1 amide bonds. The van der Waals surface area contributed by atoms with Crippen molar-refractivity contribution in [2.75, 3.05) is 64.5 Å². The molecule has 3 unspecified atom stereocenters. The van der Waals surface area contributed by atoms with Gasteiger partial charge in [0.2, 0.25) is 0 Å². The van der Waals surface area contributed by atoms with Crippen LogP contribution in [-0.2, 0) is 9.53 Å². The summed E-state index contributed by atoms with van der Waals surface area (Å²) in [5, 5.41) is 8.69. The highest BCUT2D eigenvalue weighted by atomic mass is 19.4. The van der Waals surface area contributed by atoms with Crippen LogP contribution in [0.15, 0.2) is 36.8 Å². The van der Waals surface area contributed by atoms with Crippen molar-refractivity contribution in [2.24, 2.45) is 11.3 Å². The van der Waals surface area contributed by atoms with E-state index in [4.69, 9.17) is 24.2 Å². The average Bonchev–Trinajstić information content (AvgIpc) is 3.55. The number of hydrogen-bond donors (Lipinski definition) is 1. The number of fused-ring (bicyclic) bond motifs is 4. The Kier molecular flexibility index (Phi) is 8.95. The summed E-state index contributed by atoms with van der Waals surface area (Å²) in [5.74, 6) is -0.587. The van der Waals surface area contributed by atoms with Gasteiger partial charge in [-0.2, -0.15) is 28.2 Å². The van der Waals surface area contributed by atoms with Gasteiger partial charge >= 0.3 is 12.2 Å². The van der Waals surface area contributed by atoms with E-state index in [1.54, 1.807) is 13.3 Å². The Bertz CT molecular complexity index is 2150. The van der Waals surface area contributed by atoms with Crippen molar-refractivity contribution in [3.63, 3.8) is 0 Å². The number of amides is 1. The number of rotatable bonds is 11. The van der Waals surface area contributed by atoms with Crippen LogP contribution < -0.4 is 14.4 Å². The second-order valence-electron chi connectivity index (χ2n) is 16.2. The molecule has 3 aliphatic heterocycles. The summed E-state index contributed by atoms with van der Waals surface area (Å²) >= 11 is 0. The number of aromatic nitrogens is 4. The molecule has 9 rings (SSSR count). The van der Waals surface area contributed by atoms with Crippen molar-refractivity contribution >= 4 is 33.5 Å². The van der Waals surface area contributed by atoms with Crippen LogP contribution in [0.3, 0.4) is 0 Å². The number of likely N-dealkylation sites (tertiary alicyclic amines) is 2. The Morgan fingerprint density at radius 2 is 1.87 bits per heavy atom. The number of alkyl halides is 3. The topological polar surface area (TPSA) is 109 Å². The van der Waals surface area contributed by atoms with E-state index in [0.29, 0.717) is 55.6 Å². The van der Waals surface area contributed by atoms with Gasteiger partial charge in [0.1, 0.15) is 17.4 Å². The summed E-state index contributed by atoms with van der Waals surface area (Å²) in [6.45, 7) is 8.07. The van der Waals surface area contributed by atoms with E-state index < -0.39 is 24.5 Å². The third-order valence-electron chi connectivity index (χ3n) is 12.5. The predicted molar refractivity (Wildman–Crippen MR) is 198 cm³/mol. The maximum Gasteiger partial charge on any atom is 0.422 e. The Hall–Kier alpha value is -4.50. The fraction of sp³-hybridized carbons (Fsp3) is 0.550. The van der Waals surface area contributed by atoms with Crippen LogP contribution in [0.2, 0.25) is 0 Å². The minimum absolute atomic E-state index is 0.0637. The maximum absolute atomic E-state index is 14.1. The van der Waals surface area contributed by atoms with E-state index in [1.807, 2.05) is 19.1 Å². The molecule has 5 fully saturated rings. The van der Waals surface area contributed by atoms with Gasteiger partial charge in [0, 0.05) is 86.5 Å². The van der Waals surface area contributed by atoms with E-state index in [2.05, 4.69) is 32.6 Å². The van der Waals surface area contributed by atoms with E-state index in [0.717, 1.165) is 79.2 Å². The number of halogens is 4. The first-order valence-electron chi connectivity index (χ1n) is 19.2. The molecule has 0 radical (unpaired) electrons. The molecule has 292 valence electrons. The number of ether oxygens (including phenoxy) is 3. The molecule has 11 nitrogen and oxygen atoms in total. The van der Waals surface area contributed by atoms with Crippen LogP contribution >= 0.6 is 0 Å². The van der Waals surface area contributed by atoms with Crippen LogP contribution in [0, 0.1) is 18.3 Å². The molecule has 3 saturated heterocycles. The van der Waals surface area contributed by atoms with Gasteiger partial charge in [-0.05, 0) is 73.8 Å². The molecule has 2 saturated carbocycles. The Labute approximate surface area is 316 Å². The Morgan fingerprint density at radius 1 is 1.09 bits per heavy atom. The molecule has 15 heteroatoms. The number of hydrogen-bond acceptors (Lipinski definition) is 9. The number of carbonyl (C=O) groups excluding carboxylic acids is 1. The normalized spacial score (nSPS) is 23.6. The quantitative estimate of drug-likeness (QED) is 0.132. The summed E-state index contributed by atoms with van der Waals surface area (Å²) in [6, 6.07) is 6.39. The van der Waals surface area contributed by atoms with Crippen LogP contribution in [0.4, 0.5) is 23.4 Å². The zero-order valence-electron chi connectivity index (χ0n) is 31.1. The van der Waals surface area contributed by atoms with Gasteiger partial charge in [-0.15, -0.1) is 0 Å². The van der Waals surface area contributed by atoms with Crippen LogP contribution in [0.1, 0.15) is 55.6 Å². The highest BCUT2D eigenvalue weighted by Crippen LogP contribution is 2.53. The zero-order chi connectivity index (χ0) is 38.2. The number of carbonyl (C=O) groups is 1. The zero-order valence-corrected chi connectivity index (χ0v) is 31.1. The fourth-order valence-electron chi connectivity index (χ4n) is 9.59. The van der Waals surface area contributed by atoms with E-state index in [9.17, 15) is 22.4 Å². The summed E-state index contributed by atoms with van der Waals surface area (Å²) in [6.07, 6.45) is 2.00. The molecule has 1 spiro atoms. The van der Waals surface area contributed by atoms with Gasteiger partial charge in [-0.3, -0.25) is 14.8 Å².